The number of imidazole rings is 1. The first-order chi connectivity index (χ1) is 8.65. The second kappa shape index (κ2) is 5.31. The molecule has 18 heavy (non-hydrogen) atoms. The summed E-state index contributed by atoms with van der Waals surface area (Å²) in [6.07, 6.45) is 6.42. The van der Waals surface area contributed by atoms with E-state index in [9.17, 15) is 0 Å². The first-order valence-electron chi connectivity index (χ1n) is 6.30. The first-order valence-corrected chi connectivity index (χ1v) is 6.30. The topological polar surface area (TPSA) is 56.7 Å². The molecule has 0 saturated heterocycles. The molecule has 2 rings (SSSR count). The largest absolute Gasteiger partial charge is 0.326 e. The molecular weight excluding hydrogens is 224 g/mol. The summed E-state index contributed by atoms with van der Waals surface area (Å²) in [5.41, 5.74) is 9.69. The predicted molar refractivity (Wildman–Crippen MR) is 72.3 cm³/mol. The van der Waals surface area contributed by atoms with E-state index in [0.29, 0.717) is 0 Å². The third-order valence-electron chi connectivity index (χ3n) is 3.51. The van der Waals surface area contributed by atoms with Crippen molar-refractivity contribution in [3.8, 4) is 0 Å². The quantitative estimate of drug-likeness (QED) is 0.897. The minimum atomic E-state index is 0.0692. The Labute approximate surface area is 108 Å². The fourth-order valence-corrected chi connectivity index (χ4v) is 2.19. The van der Waals surface area contributed by atoms with Gasteiger partial charge in [-0.15, -0.1) is 0 Å². The van der Waals surface area contributed by atoms with E-state index in [4.69, 9.17) is 5.73 Å². The fourth-order valence-electron chi connectivity index (χ4n) is 2.19. The number of pyridine rings is 1. The van der Waals surface area contributed by atoms with Crippen LogP contribution >= 0.6 is 0 Å². The molecule has 2 N–H and O–H groups in total. The van der Waals surface area contributed by atoms with E-state index in [0.717, 1.165) is 12.1 Å². The molecule has 2 atom stereocenters. The average Bonchev–Trinajstić information content (AvgIpc) is 2.72. The molecule has 0 aliphatic heterocycles. The highest BCUT2D eigenvalue weighted by Gasteiger charge is 2.22. The van der Waals surface area contributed by atoms with Gasteiger partial charge in [-0.2, -0.15) is 0 Å². The lowest BCUT2D eigenvalue weighted by Gasteiger charge is -2.26. The lowest BCUT2D eigenvalue weighted by atomic mass is 9.98. The van der Waals surface area contributed by atoms with Gasteiger partial charge in [-0.25, -0.2) is 4.98 Å². The summed E-state index contributed by atoms with van der Waals surface area (Å²) < 4.78 is 2.17. The summed E-state index contributed by atoms with van der Waals surface area (Å²) in [6, 6.07) is 4.24. The van der Waals surface area contributed by atoms with Gasteiger partial charge >= 0.3 is 0 Å². The van der Waals surface area contributed by atoms with Gasteiger partial charge in [0.25, 0.3) is 0 Å². The summed E-state index contributed by atoms with van der Waals surface area (Å²) in [6.45, 7) is 6.21. The Hall–Kier alpha value is -1.68. The molecule has 0 saturated carbocycles. The lowest BCUT2D eigenvalue weighted by Crippen LogP contribution is -2.32. The number of hydrogen-bond donors (Lipinski definition) is 1. The van der Waals surface area contributed by atoms with Crippen LogP contribution < -0.4 is 5.73 Å². The Kier molecular flexibility index (Phi) is 3.77. The Morgan fingerprint density at radius 3 is 2.44 bits per heavy atom. The normalized spacial score (nSPS) is 14.4. The molecule has 2 unspecified atom stereocenters. The van der Waals surface area contributed by atoms with Crippen LogP contribution in [0.3, 0.4) is 0 Å². The zero-order valence-electron chi connectivity index (χ0n) is 11.2. The van der Waals surface area contributed by atoms with E-state index < -0.39 is 0 Å². The summed E-state index contributed by atoms with van der Waals surface area (Å²) in [7, 11) is 0. The van der Waals surface area contributed by atoms with E-state index >= 15 is 0 Å². The van der Waals surface area contributed by atoms with Crippen molar-refractivity contribution in [3.05, 3.63) is 47.8 Å². The maximum absolute atomic E-state index is 6.29. The molecule has 0 radical (unpaired) electrons. The van der Waals surface area contributed by atoms with Crippen molar-refractivity contribution in [3.63, 3.8) is 0 Å². The van der Waals surface area contributed by atoms with Crippen molar-refractivity contribution >= 4 is 0 Å². The molecule has 2 heterocycles. The standard InChI is InChI=1S/C14H20N4/c1-4-13(15)14(12-5-7-16-8-6-12)18-9-17-10(2)11(18)3/h5-9,13-14H,4,15H2,1-3H3. The second-order valence-electron chi connectivity index (χ2n) is 4.62. The Morgan fingerprint density at radius 2 is 1.94 bits per heavy atom. The van der Waals surface area contributed by atoms with Crippen LogP contribution in [0.1, 0.15) is 36.3 Å². The van der Waals surface area contributed by atoms with E-state index in [1.165, 1.54) is 11.3 Å². The number of hydrogen-bond acceptors (Lipinski definition) is 3. The maximum atomic E-state index is 6.29. The van der Waals surface area contributed by atoms with Crippen LogP contribution in [-0.2, 0) is 0 Å². The highest BCUT2D eigenvalue weighted by atomic mass is 15.1. The molecule has 2 aromatic rings. The molecule has 0 aromatic carbocycles. The van der Waals surface area contributed by atoms with E-state index in [1.807, 2.05) is 37.8 Å². The SMILES string of the molecule is CCC(N)C(c1ccncc1)n1cnc(C)c1C. The zero-order valence-corrected chi connectivity index (χ0v) is 11.2. The van der Waals surface area contributed by atoms with Gasteiger partial charge < -0.3 is 10.3 Å². The van der Waals surface area contributed by atoms with Crippen molar-refractivity contribution in [2.45, 2.75) is 39.3 Å². The molecule has 0 aliphatic rings. The van der Waals surface area contributed by atoms with E-state index in [2.05, 4.69) is 28.4 Å². The number of rotatable bonds is 4. The third-order valence-corrected chi connectivity index (χ3v) is 3.51. The van der Waals surface area contributed by atoms with Gasteiger partial charge in [-0.3, -0.25) is 4.98 Å². The fraction of sp³-hybridized carbons (Fsp3) is 0.429. The van der Waals surface area contributed by atoms with Gasteiger partial charge in [-0.05, 0) is 38.0 Å². The minimum absolute atomic E-state index is 0.0692. The van der Waals surface area contributed by atoms with Crippen LogP contribution in [0.5, 0.6) is 0 Å². The molecule has 0 aliphatic carbocycles. The van der Waals surface area contributed by atoms with Gasteiger partial charge in [0.15, 0.2) is 0 Å². The Bertz CT molecular complexity index is 504. The van der Waals surface area contributed by atoms with Crippen LogP contribution in [0.2, 0.25) is 0 Å². The molecule has 4 nitrogen and oxygen atoms in total. The van der Waals surface area contributed by atoms with Crippen LogP contribution in [-0.4, -0.2) is 20.6 Å². The Balaban J connectivity index is 2.47. The van der Waals surface area contributed by atoms with Crippen molar-refractivity contribution < 1.29 is 0 Å². The average molecular weight is 244 g/mol. The second-order valence-corrected chi connectivity index (χ2v) is 4.62. The van der Waals surface area contributed by atoms with Gasteiger partial charge in [0.2, 0.25) is 0 Å². The molecule has 0 spiro atoms. The molecule has 4 heteroatoms. The van der Waals surface area contributed by atoms with Crippen LogP contribution in [0, 0.1) is 13.8 Å². The van der Waals surface area contributed by atoms with Gasteiger partial charge in [0, 0.05) is 24.1 Å². The van der Waals surface area contributed by atoms with Crippen molar-refractivity contribution in [2.24, 2.45) is 5.73 Å². The lowest BCUT2D eigenvalue weighted by molar-refractivity contribution is 0.451. The summed E-state index contributed by atoms with van der Waals surface area (Å²) in [5.74, 6) is 0. The van der Waals surface area contributed by atoms with Crippen molar-refractivity contribution in [1.82, 2.24) is 14.5 Å². The molecule has 0 fully saturated rings. The number of aromatic nitrogens is 3. The highest BCUT2D eigenvalue weighted by Crippen LogP contribution is 2.24. The summed E-state index contributed by atoms with van der Waals surface area (Å²) in [4.78, 5) is 8.44. The highest BCUT2D eigenvalue weighted by molar-refractivity contribution is 5.22. The Morgan fingerprint density at radius 1 is 1.28 bits per heavy atom. The molecule has 2 aromatic heterocycles. The minimum Gasteiger partial charge on any atom is -0.326 e. The van der Waals surface area contributed by atoms with Crippen molar-refractivity contribution in [1.29, 1.82) is 0 Å². The van der Waals surface area contributed by atoms with E-state index in [-0.39, 0.29) is 12.1 Å². The smallest absolute Gasteiger partial charge is 0.0957 e. The zero-order chi connectivity index (χ0) is 13.1. The van der Waals surface area contributed by atoms with Crippen LogP contribution in [0.25, 0.3) is 0 Å². The molecule has 0 bridgehead atoms. The summed E-state index contributed by atoms with van der Waals surface area (Å²) in [5, 5.41) is 0. The van der Waals surface area contributed by atoms with E-state index in [1.54, 1.807) is 0 Å². The summed E-state index contributed by atoms with van der Waals surface area (Å²) >= 11 is 0. The molecular formula is C14H20N4. The maximum Gasteiger partial charge on any atom is 0.0957 e. The predicted octanol–water partition coefficient (Wildman–Crippen LogP) is 2.22. The number of nitrogens with zero attached hydrogens (tertiary/aromatic N) is 3. The molecule has 0 amide bonds. The number of nitrogens with two attached hydrogens (primary N) is 1. The third kappa shape index (κ3) is 2.29. The monoisotopic (exact) mass is 244 g/mol. The van der Waals surface area contributed by atoms with Gasteiger partial charge in [0.05, 0.1) is 18.1 Å². The van der Waals surface area contributed by atoms with Crippen molar-refractivity contribution in [2.75, 3.05) is 0 Å². The van der Waals surface area contributed by atoms with Gasteiger partial charge in [-0.1, -0.05) is 6.92 Å². The van der Waals surface area contributed by atoms with Crippen LogP contribution in [0.15, 0.2) is 30.9 Å². The van der Waals surface area contributed by atoms with Gasteiger partial charge in [0.1, 0.15) is 0 Å². The first kappa shape index (κ1) is 12.8. The number of aryl methyl sites for hydroxylation is 1. The molecule has 96 valence electrons. The van der Waals surface area contributed by atoms with Crippen LogP contribution in [0.4, 0.5) is 0 Å².